The van der Waals surface area contributed by atoms with Gasteiger partial charge in [0.05, 0.1) is 0 Å². The largest absolute Gasteiger partial charge is 0.337 e. The van der Waals surface area contributed by atoms with Gasteiger partial charge in [0.25, 0.3) is 0 Å². The number of nitrogens with zero attached hydrogens (tertiary/aromatic N) is 1. The Balaban J connectivity index is 2.15. The van der Waals surface area contributed by atoms with Gasteiger partial charge in [-0.05, 0) is 17.7 Å². The molecule has 4 nitrogen and oxygen atoms in total. The van der Waals surface area contributed by atoms with Crippen molar-refractivity contribution in [2.45, 2.75) is 12.3 Å². The minimum atomic E-state index is -0.373. The van der Waals surface area contributed by atoms with Gasteiger partial charge < -0.3 is 5.32 Å². The summed E-state index contributed by atoms with van der Waals surface area (Å²) in [5.41, 5.74) is 0.991. The molecule has 1 aromatic rings. The van der Waals surface area contributed by atoms with Gasteiger partial charge >= 0.3 is 6.03 Å². The molecular weight excluding hydrogens is 287 g/mol. The first kappa shape index (κ1) is 14.2. The number of alkyl halides is 1. The van der Waals surface area contributed by atoms with Gasteiger partial charge in [-0.2, -0.15) is 0 Å². The zero-order chi connectivity index (χ0) is 13.8. The molecule has 0 radical (unpaired) electrons. The number of carbonyl (C=O) groups excluding carboxylic acids is 2. The predicted octanol–water partition coefficient (Wildman–Crippen LogP) is 2.60. The molecule has 1 N–H and O–H groups in total. The van der Waals surface area contributed by atoms with E-state index in [1.54, 1.807) is 12.1 Å². The van der Waals surface area contributed by atoms with Crippen LogP contribution in [0.4, 0.5) is 4.79 Å². The van der Waals surface area contributed by atoms with Gasteiger partial charge in [0.15, 0.2) is 0 Å². The van der Waals surface area contributed by atoms with Crippen LogP contribution in [0.5, 0.6) is 0 Å². The molecular formula is C13H14Cl2N2O2. The van der Waals surface area contributed by atoms with Gasteiger partial charge in [0.2, 0.25) is 5.91 Å². The van der Waals surface area contributed by atoms with Crippen molar-refractivity contribution < 1.29 is 9.59 Å². The van der Waals surface area contributed by atoms with Crippen LogP contribution in [0.2, 0.25) is 5.02 Å². The number of hydrogen-bond donors (Lipinski definition) is 1. The van der Waals surface area contributed by atoms with Crippen LogP contribution in [0.25, 0.3) is 0 Å². The van der Waals surface area contributed by atoms with Gasteiger partial charge in [-0.25, -0.2) is 4.79 Å². The molecule has 1 heterocycles. The Morgan fingerprint density at radius 1 is 1.26 bits per heavy atom. The van der Waals surface area contributed by atoms with E-state index in [1.165, 1.54) is 4.90 Å². The smallest absolute Gasteiger partial charge is 0.324 e. The normalized spacial score (nSPS) is 20.1. The number of carbonyl (C=O) groups is 2. The molecule has 102 valence electrons. The minimum Gasteiger partial charge on any atom is -0.337 e. The first-order valence-electron chi connectivity index (χ1n) is 6.01. The quantitative estimate of drug-likeness (QED) is 0.872. The van der Waals surface area contributed by atoms with Gasteiger partial charge in [0.1, 0.15) is 0 Å². The van der Waals surface area contributed by atoms with Crippen LogP contribution in [-0.4, -0.2) is 35.8 Å². The van der Waals surface area contributed by atoms with Crippen LogP contribution in [0.3, 0.4) is 0 Å². The summed E-state index contributed by atoms with van der Waals surface area (Å²) in [4.78, 5) is 25.0. The summed E-state index contributed by atoms with van der Waals surface area (Å²) in [6.45, 7) is 0.671. The van der Waals surface area contributed by atoms with Crippen LogP contribution in [0.15, 0.2) is 24.3 Å². The zero-order valence-electron chi connectivity index (χ0n) is 10.2. The van der Waals surface area contributed by atoms with Crippen LogP contribution < -0.4 is 5.32 Å². The van der Waals surface area contributed by atoms with E-state index in [4.69, 9.17) is 23.2 Å². The topological polar surface area (TPSA) is 49.4 Å². The molecule has 0 spiro atoms. The Bertz CT molecular complexity index is 476. The number of nitrogens with one attached hydrogen (secondary N) is 1. The van der Waals surface area contributed by atoms with Crippen LogP contribution >= 0.6 is 23.2 Å². The van der Waals surface area contributed by atoms with Crippen molar-refractivity contribution in [1.82, 2.24) is 10.2 Å². The maximum atomic E-state index is 12.0. The second-order valence-corrected chi connectivity index (χ2v) is 5.19. The maximum absolute atomic E-state index is 12.0. The highest BCUT2D eigenvalue weighted by atomic mass is 35.5. The number of hydrogen-bond acceptors (Lipinski definition) is 2. The average molecular weight is 301 g/mol. The Kier molecular flexibility index (Phi) is 4.66. The number of urea groups is 1. The van der Waals surface area contributed by atoms with Crippen LogP contribution in [0, 0.1) is 0 Å². The molecule has 0 aliphatic carbocycles. The van der Waals surface area contributed by atoms with E-state index >= 15 is 0 Å². The molecule has 1 fully saturated rings. The van der Waals surface area contributed by atoms with Crippen LogP contribution in [-0.2, 0) is 4.79 Å². The van der Waals surface area contributed by atoms with Crippen LogP contribution in [0.1, 0.15) is 17.9 Å². The lowest BCUT2D eigenvalue weighted by atomic mass is 9.95. The van der Waals surface area contributed by atoms with Crippen molar-refractivity contribution in [2.75, 3.05) is 19.0 Å². The molecule has 3 amide bonds. The molecule has 1 saturated heterocycles. The summed E-state index contributed by atoms with van der Waals surface area (Å²) in [6.07, 6.45) is 0.289. The Morgan fingerprint density at radius 2 is 1.95 bits per heavy atom. The third-order valence-corrected chi connectivity index (χ3v) is 3.54. The van der Waals surface area contributed by atoms with E-state index in [2.05, 4.69) is 5.32 Å². The molecule has 0 saturated carbocycles. The molecule has 1 unspecified atom stereocenters. The predicted molar refractivity (Wildman–Crippen MR) is 74.6 cm³/mol. The van der Waals surface area contributed by atoms with Gasteiger partial charge in [-0.3, -0.25) is 9.69 Å². The molecule has 1 aliphatic heterocycles. The van der Waals surface area contributed by atoms with Crippen molar-refractivity contribution in [3.8, 4) is 0 Å². The fourth-order valence-electron chi connectivity index (χ4n) is 2.09. The summed E-state index contributed by atoms with van der Waals surface area (Å²) in [5.74, 6) is 0.00903. The number of halogens is 2. The second kappa shape index (κ2) is 6.26. The highest BCUT2D eigenvalue weighted by molar-refractivity contribution is 6.30. The second-order valence-electron chi connectivity index (χ2n) is 4.37. The van der Waals surface area contributed by atoms with E-state index in [1.807, 2.05) is 12.1 Å². The first-order chi connectivity index (χ1) is 9.11. The summed E-state index contributed by atoms with van der Waals surface area (Å²) >= 11 is 11.4. The molecule has 1 aromatic carbocycles. The molecule has 6 heteroatoms. The standard InChI is InChI=1S/C13H14Cl2N2O2/c14-5-6-17-12(18)7-10(8-16-13(17)19)9-1-3-11(15)4-2-9/h1-4,10H,5-8H2,(H,16,19). The fraction of sp³-hybridized carbons (Fsp3) is 0.385. The Hall–Kier alpha value is -1.26. The van der Waals surface area contributed by atoms with Crippen molar-refractivity contribution in [2.24, 2.45) is 0 Å². The van der Waals surface area contributed by atoms with Crippen molar-refractivity contribution >= 4 is 35.1 Å². The zero-order valence-corrected chi connectivity index (χ0v) is 11.7. The summed E-state index contributed by atoms with van der Waals surface area (Å²) < 4.78 is 0. The van der Waals surface area contributed by atoms with Crippen molar-refractivity contribution in [3.05, 3.63) is 34.9 Å². The van der Waals surface area contributed by atoms with Gasteiger partial charge in [-0.1, -0.05) is 23.7 Å². The highest BCUT2D eigenvalue weighted by Crippen LogP contribution is 2.23. The monoisotopic (exact) mass is 300 g/mol. The minimum absolute atomic E-state index is 0.0333. The van der Waals surface area contributed by atoms with Gasteiger partial charge in [0, 0.05) is 36.3 Å². The molecule has 2 rings (SSSR count). The Labute approximate surface area is 121 Å². The molecule has 1 atom stereocenters. The molecule has 0 aromatic heterocycles. The van der Waals surface area contributed by atoms with Crippen molar-refractivity contribution in [1.29, 1.82) is 0 Å². The summed E-state index contributed by atoms with van der Waals surface area (Å²) in [5, 5.41) is 3.40. The van der Waals surface area contributed by atoms with E-state index < -0.39 is 0 Å². The fourth-order valence-corrected chi connectivity index (χ4v) is 2.39. The lowest BCUT2D eigenvalue weighted by Gasteiger charge is -2.16. The third-order valence-electron chi connectivity index (χ3n) is 3.12. The van der Waals surface area contributed by atoms with Crippen molar-refractivity contribution in [3.63, 3.8) is 0 Å². The Morgan fingerprint density at radius 3 is 2.58 bits per heavy atom. The summed E-state index contributed by atoms with van der Waals surface area (Å²) in [7, 11) is 0. The number of amides is 3. The van der Waals surface area contributed by atoms with E-state index in [0.29, 0.717) is 11.6 Å². The maximum Gasteiger partial charge on any atom is 0.324 e. The average Bonchev–Trinajstić information content (AvgIpc) is 2.53. The first-order valence-corrected chi connectivity index (χ1v) is 6.92. The third kappa shape index (κ3) is 3.39. The lowest BCUT2D eigenvalue weighted by Crippen LogP contribution is -2.42. The molecule has 19 heavy (non-hydrogen) atoms. The molecule has 0 bridgehead atoms. The van der Waals surface area contributed by atoms with E-state index in [9.17, 15) is 9.59 Å². The summed E-state index contributed by atoms with van der Waals surface area (Å²) in [6, 6.07) is 6.95. The van der Waals surface area contributed by atoms with E-state index in [-0.39, 0.29) is 36.7 Å². The molecule has 1 aliphatic rings. The number of imide groups is 1. The lowest BCUT2D eigenvalue weighted by molar-refractivity contribution is -0.128. The number of benzene rings is 1. The SMILES string of the molecule is O=C1CC(c2ccc(Cl)cc2)CNC(=O)N1CCCl. The van der Waals surface area contributed by atoms with Gasteiger partial charge in [-0.15, -0.1) is 11.6 Å². The van der Waals surface area contributed by atoms with E-state index in [0.717, 1.165) is 5.56 Å². The number of rotatable bonds is 3. The highest BCUT2D eigenvalue weighted by Gasteiger charge is 2.29.